The van der Waals surface area contributed by atoms with Gasteiger partial charge in [-0.1, -0.05) is 49.9 Å². The molecule has 7 heteroatoms. The first kappa shape index (κ1) is 26.3. The SMILES string of the molecule is CN=C(NCc1ccccc1CN1CCCCC1)NC1CCN(C(=O)C2CCCCC2)C1.I. The molecule has 2 aliphatic heterocycles. The van der Waals surface area contributed by atoms with E-state index in [1.54, 1.807) is 0 Å². The van der Waals surface area contributed by atoms with Gasteiger partial charge in [0.05, 0.1) is 0 Å². The van der Waals surface area contributed by atoms with Crippen LogP contribution in [-0.4, -0.2) is 60.9 Å². The van der Waals surface area contributed by atoms with Crippen LogP contribution in [-0.2, 0) is 17.9 Å². The van der Waals surface area contributed by atoms with Gasteiger partial charge >= 0.3 is 0 Å². The number of carbonyl (C=O) groups excluding carboxylic acids is 1. The molecule has 1 atom stereocenters. The minimum absolute atomic E-state index is 0. The second-order valence-electron chi connectivity index (χ2n) is 9.78. The summed E-state index contributed by atoms with van der Waals surface area (Å²) < 4.78 is 0. The molecule has 1 aromatic carbocycles. The Hall–Kier alpha value is -1.35. The van der Waals surface area contributed by atoms with E-state index in [-0.39, 0.29) is 35.9 Å². The summed E-state index contributed by atoms with van der Waals surface area (Å²) in [6, 6.07) is 9.02. The van der Waals surface area contributed by atoms with Gasteiger partial charge in [-0.2, -0.15) is 0 Å². The number of nitrogens with zero attached hydrogens (tertiary/aromatic N) is 3. The summed E-state index contributed by atoms with van der Waals surface area (Å²) in [5, 5.41) is 7.07. The van der Waals surface area contributed by atoms with Crippen molar-refractivity contribution in [3.63, 3.8) is 0 Å². The lowest BCUT2D eigenvalue weighted by Gasteiger charge is -2.27. The van der Waals surface area contributed by atoms with Crippen molar-refractivity contribution in [3.8, 4) is 0 Å². The van der Waals surface area contributed by atoms with Gasteiger partial charge in [-0.15, -0.1) is 24.0 Å². The van der Waals surface area contributed by atoms with E-state index in [1.165, 1.54) is 62.7 Å². The Labute approximate surface area is 217 Å². The molecule has 2 N–H and O–H groups in total. The minimum Gasteiger partial charge on any atom is -0.352 e. The first-order valence-corrected chi connectivity index (χ1v) is 12.8. The Morgan fingerprint density at radius 2 is 1.67 bits per heavy atom. The molecule has 0 spiro atoms. The van der Waals surface area contributed by atoms with Crippen molar-refractivity contribution in [2.24, 2.45) is 10.9 Å². The van der Waals surface area contributed by atoms with Crippen LogP contribution < -0.4 is 10.6 Å². The van der Waals surface area contributed by atoms with Crippen molar-refractivity contribution in [2.75, 3.05) is 33.2 Å². The van der Waals surface area contributed by atoms with Gasteiger partial charge in [0.2, 0.25) is 5.91 Å². The summed E-state index contributed by atoms with van der Waals surface area (Å²) in [5.41, 5.74) is 2.74. The molecule has 4 rings (SSSR count). The highest BCUT2D eigenvalue weighted by atomic mass is 127. The fraction of sp³-hybridized carbons (Fsp3) is 0.692. The molecule has 1 unspecified atom stereocenters. The Kier molecular flexibility index (Phi) is 10.8. The molecule has 1 aromatic rings. The average molecular weight is 568 g/mol. The maximum atomic E-state index is 12.9. The van der Waals surface area contributed by atoms with Crippen LogP contribution in [0.5, 0.6) is 0 Å². The highest BCUT2D eigenvalue weighted by Gasteiger charge is 2.31. The lowest BCUT2D eigenvalue weighted by atomic mass is 9.88. The molecule has 6 nitrogen and oxygen atoms in total. The van der Waals surface area contributed by atoms with Crippen molar-refractivity contribution in [2.45, 2.75) is 76.9 Å². The van der Waals surface area contributed by atoms with E-state index < -0.39 is 0 Å². The van der Waals surface area contributed by atoms with E-state index >= 15 is 0 Å². The second-order valence-corrected chi connectivity index (χ2v) is 9.78. The number of hydrogen-bond acceptors (Lipinski definition) is 3. The normalized spacial score (nSPS) is 22.6. The van der Waals surface area contributed by atoms with Crippen LogP contribution in [0, 0.1) is 5.92 Å². The van der Waals surface area contributed by atoms with E-state index in [9.17, 15) is 4.79 Å². The molecule has 33 heavy (non-hydrogen) atoms. The highest BCUT2D eigenvalue weighted by Crippen LogP contribution is 2.26. The van der Waals surface area contributed by atoms with Gasteiger partial charge in [0.1, 0.15) is 0 Å². The predicted molar refractivity (Wildman–Crippen MR) is 146 cm³/mol. The summed E-state index contributed by atoms with van der Waals surface area (Å²) in [4.78, 5) is 22.0. The van der Waals surface area contributed by atoms with Crippen LogP contribution in [0.1, 0.15) is 68.9 Å². The average Bonchev–Trinajstić information content (AvgIpc) is 3.32. The first-order chi connectivity index (χ1) is 15.7. The smallest absolute Gasteiger partial charge is 0.225 e. The van der Waals surface area contributed by atoms with Crippen LogP contribution in [0.4, 0.5) is 0 Å². The molecule has 184 valence electrons. The standard InChI is InChI=1S/C26H41N5O.HI/c1-27-26(29-24-14-17-31(20-24)25(32)21-10-4-2-5-11-21)28-18-22-12-6-7-13-23(22)19-30-15-8-3-9-16-30;/h6-7,12-13,21,24H,2-5,8-11,14-20H2,1H3,(H2,27,28,29);1H. The molecule has 2 saturated heterocycles. The zero-order valence-corrected chi connectivity index (χ0v) is 22.6. The number of aliphatic imine (C=N–C) groups is 1. The Balaban J connectivity index is 0.00000306. The third-order valence-corrected chi connectivity index (χ3v) is 7.43. The van der Waals surface area contributed by atoms with Gasteiger partial charge in [0.15, 0.2) is 5.96 Å². The fourth-order valence-corrected chi connectivity index (χ4v) is 5.50. The maximum absolute atomic E-state index is 12.9. The van der Waals surface area contributed by atoms with Crippen LogP contribution in [0.25, 0.3) is 0 Å². The van der Waals surface area contributed by atoms with Crippen LogP contribution in [0.3, 0.4) is 0 Å². The Bertz CT molecular complexity index is 774. The Morgan fingerprint density at radius 3 is 2.39 bits per heavy atom. The third-order valence-electron chi connectivity index (χ3n) is 7.43. The number of amides is 1. The summed E-state index contributed by atoms with van der Waals surface area (Å²) in [6.45, 7) is 5.88. The maximum Gasteiger partial charge on any atom is 0.225 e. The predicted octanol–water partition coefficient (Wildman–Crippen LogP) is 4.14. The summed E-state index contributed by atoms with van der Waals surface area (Å²) in [7, 11) is 1.83. The molecule has 3 aliphatic rings. The summed E-state index contributed by atoms with van der Waals surface area (Å²) >= 11 is 0. The molecule has 1 saturated carbocycles. The van der Waals surface area contributed by atoms with E-state index in [4.69, 9.17) is 0 Å². The Morgan fingerprint density at radius 1 is 0.970 bits per heavy atom. The van der Waals surface area contributed by atoms with Gasteiger partial charge in [0.25, 0.3) is 0 Å². The number of carbonyl (C=O) groups is 1. The summed E-state index contributed by atoms with van der Waals surface area (Å²) in [6.07, 6.45) is 10.9. The van der Waals surface area contributed by atoms with Crippen molar-refractivity contribution >= 4 is 35.8 Å². The topological polar surface area (TPSA) is 60.0 Å². The first-order valence-electron chi connectivity index (χ1n) is 12.8. The van der Waals surface area contributed by atoms with Crippen LogP contribution in [0.15, 0.2) is 29.3 Å². The number of nitrogens with one attached hydrogen (secondary N) is 2. The molecule has 1 amide bonds. The minimum atomic E-state index is 0. The van der Waals surface area contributed by atoms with Gasteiger partial charge < -0.3 is 15.5 Å². The zero-order chi connectivity index (χ0) is 22.2. The number of benzene rings is 1. The van der Waals surface area contributed by atoms with Gasteiger partial charge in [-0.3, -0.25) is 14.7 Å². The molecule has 0 radical (unpaired) electrons. The fourth-order valence-electron chi connectivity index (χ4n) is 5.50. The second kappa shape index (κ2) is 13.5. The summed E-state index contributed by atoms with van der Waals surface area (Å²) in [5.74, 6) is 1.47. The van der Waals surface area contributed by atoms with Crippen molar-refractivity contribution in [1.29, 1.82) is 0 Å². The molecule has 0 bridgehead atoms. The monoisotopic (exact) mass is 567 g/mol. The number of guanidine groups is 1. The van der Waals surface area contributed by atoms with Crippen LogP contribution >= 0.6 is 24.0 Å². The number of hydrogen-bond donors (Lipinski definition) is 2. The molecular weight excluding hydrogens is 525 g/mol. The van der Waals surface area contributed by atoms with Crippen molar-refractivity contribution < 1.29 is 4.79 Å². The largest absolute Gasteiger partial charge is 0.352 e. The number of rotatable bonds is 6. The number of piperidine rings is 1. The zero-order valence-electron chi connectivity index (χ0n) is 20.2. The van der Waals surface area contributed by atoms with Crippen molar-refractivity contribution in [1.82, 2.24) is 20.4 Å². The lowest BCUT2D eigenvalue weighted by Crippen LogP contribution is -2.45. The van der Waals surface area contributed by atoms with E-state index in [2.05, 4.69) is 49.7 Å². The highest BCUT2D eigenvalue weighted by molar-refractivity contribution is 14.0. The van der Waals surface area contributed by atoms with E-state index in [1.807, 2.05) is 7.05 Å². The molecule has 0 aromatic heterocycles. The van der Waals surface area contributed by atoms with E-state index in [0.717, 1.165) is 51.4 Å². The molecule has 2 heterocycles. The quantitative estimate of drug-likeness (QED) is 0.309. The van der Waals surface area contributed by atoms with Gasteiger partial charge in [0, 0.05) is 45.2 Å². The third kappa shape index (κ3) is 7.57. The number of likely N-dealkylation sites (tertiary alicyclic amines) is 2. The van der Waals surface area contributed by atoms with Crippen molar-refractivity contribution in [3.05, 3.63) is 35.4 Å². The molecule has 1 aliphatic carbocycles. The van der Waals surface area contributed by atoms with Gasteiger partial charge in [-0.05, 0) is 56.3 Å². The van der Waals surface area contributed by atoms with Crippen LogP contribution in [0.2, 0.25) is 0 Å². The van der Waals surface area contributed by atoms with E-state index in [0.29, 0.717) is 5.91 Å². The van der Waals surface area contributed by atoms with Gasteiger partial charge in [-0.25, -0.2) is 0 Å². The molecular formula is C26H42IN5O. The molecule has 3 fully saturated rings. The lowest BCUT2D eigenvalue weighted by molar-refractivity contribution is -0.135. The number of halogens is 1.